The third-order valence-corrected chi connectivity index (χ3v) is 5.11. The molecule has 25 heavy (non-hydrogen) atoms. The van der Waals surface area contributed by atoms with Crippen LogP contribution in [0.15, 0.2) is 29.4 Å². The van der Waals surface area contributed by atoms with E-state index in [1.54, 1.807) is 7.11 Å². The van der Waals surface area contributed by atoms with Crippen LogP contribution in [0.3, 0.4) is 0 Å². The van der Waals surface area contributed by atoms with Gasteiger partial charge in [-0.05, 0) is 37.5 Å². The van der Waals surface area contributed by atoms with Crippen LogP contribution < -0.4 is 5.32 Å². The lowest BCUT2D eigenvalue weighted by molar-refractivity contribution is -0.113. The van der Waals surface area contributed by atoms with Crippen molar-refractivity contribution < 1.29 is 9.53 Å². The van der Waals surface area contributed by atoms with Crippen molar-refractivity contribution in [3.05, 3.63) is 41.2 Å². The Morgan fingerprint density at radius 3 is 2.56 bits per heavy atom. The van der Waals surface area contributed by atoms with Gasteiger partial charge in [-0.15, -0.1) is 0 Å². The van der Waals surface area contributed by atoms with Crippen LogP contribution in [0.2, 0.25) is 0 Å². The molecule has 5 nitrogen and oxygen atoms in total. The molecule has 136 valence electrons. The summed E-state index contributed by atoms with van der Waals surface area (Å²) in [6.45, 7) is 9.69. The molecule has 0 fully saturated rings. The summed E-state index contributed by atoms with van der Waals surface area (Å²) >= 11 is 1.45. The zero-order valence-corrected chi connectivity index (χ0v) is 16.4. The van der Waals surface area contributed by atoms with Crippen molar-refractivity contribution in [2.75, 3.05) is 24.8 Å². The Balaban J connectivity index is 1.94. The monoisotopic (exact) mass is 361 g/mol. The number of hydrogen-bond acceptors (Lipinski definition) is 4. The molecule has 2 rings (SSSR count). The van der Waals surface area contributed by atoms with Crippen molar-refractivity contribution in [3.8, 4) is 0 Å². The van der Waals surface area contributed by atoms with Crippen LogP contribution in [-0.2, 0) is 16.1 Å². The summed E-state index contributed by atoms with van der Waals surface area (Å²) in [5.74, 6) is 0.783. The molecule has 0 aliphatic heterocycles. The Morgan fingerprint density at radius 1 is 1.28 bits per heavy atom. The van der Waals surface area contributed by atoms with Crippen molar-refractivity contribution >= 4 is 23.4 Å². The van der Waals surface area contributed by atoms with Gasteiger partial charge in [0.05, 0.1) is 18.1 Å². The number of methoxy groups -OCH3 is 1. The Hall–Kier alpha value is -1.79. The predicted molar refractivity (Wildman–Crippen MR) is 103 cm³/mol. The first-order chi connectivity index (χ1) is 11.9. The third-order valence-electron chi connectivity index (χ3n) is 4.14. The second kappa shape index (κ2) is 9.06. The molecule has 0 unspecified atom stereocenters. The average molecular weight is 362 g/mol. The average Bonchev–Trinajstić information content (AvgIpc) is 2.85. The Kier molecular flexibility index (Phi) is 7.08. The fourth-order valence-electron chi connectivity index (χ4n) is 2.46. The molecule has 1 amide bonds. The van der Waals surface area contributed by atoms with Gasteiger partial charge in [-0.2, -0.15) is 0 Å². The number of aryl methyl sites for hydroxylation is 1. The van der Waals surface area contributed by atoms with Gasteiger partial charge in [0.15, 0.2) is 5.16 Å². The topological polar surface area (TPSA) is 56.1 Å². The largest absolute Gasteiger partial charge is 0.383 e. The van der Waals surface area contributed by atoms with E-state index < -0.39 is 0 Å². The summed E-state index contributed by atoms with van der Waals surface area (Å²) in [7, 11) is 1.68. The highest BCUT2D eigenvalue weighted by molar-refractivity contribution is 7.99. The molecule has 0 bridgehead atoms. The first kappa shape index (κ1) is 19.5. The number of benzene rings is 1. The summed E-state index contributed by atoms with van der Waals surface area (Å²) in [4.78, 5) is 16.8. The van der Waals surface area contributed by atoms with Gasteiger partial charge < -0.3 is 14.6 Å². The van der Waals surface area contributed by atoms with Crippen molar-refractivity contribution in [3.63, 3.8) is 0 Å². The molecule has 1 aromatic carbocycles. The van der Waals surface area contributed by atoms with Gasteiger partial charge in [0, 0.05) is 25.0 Å². The minimum Gasteiger partial charge on any atom is -0.383 e. The van der Waals surface area contributed by atoms with Gasteiger partial charge in [0.1, 0.15) is 0 Å². The Labute approximate surface area is 154 Å². The van der Waals surface area contributed by atoms with Crippen LogP contribution in [-0.4, -0.2) is 34.9 Å². The minimum absolute atomic E-state index is 0.0288. The number of anilines is 1. The molecule has 0 atom stereocenters. The molecule has 1 heterocycles. The number of imidazole rings is 1. The van der Waals surface area contributed by atoms with E-state index >= 15 is 0 Å². The number of ether oxygens (including phenoxy) is 1. The van der Waals surface area contributed by atoms with Crippen molar-refractivity contribution in [1.29, 1.82) is 0 Å². The van der Waals surface area contributed by atoms with Crippen LogP contribution in [0, 0.1) is 13.8 Å². The van der Waals surface area contributed by atoms with Gasteiger partial charge in [0.2, 0.25) is 5.91 Å². The van der Waals surface area contributed by atoms with Crippen molar-refractivity contribution in [1.82, 2.24) is 9.55 Å². The number of nitrogens with zero attached hydrogens (tertiary/aromatic N) is 2. The highest BCUT2D eigenvalue weighted by Crippen LogP contribution is 2.22. The van der Waals surface area contributed by atoms with Crippen molar-refractivity contribution in [2.45, 2.75) is 45.3 Å². The zero-order chi connectivity index (χ0) is 18.4. The molecule has 0 saturated carbocycles. The molecule has 0 aliphatic carbocycles. The molecule has 1 aromatic heterocycles. The smallest absolute Gasteiger partial charge is 0.234 e. The van der Waals surface area contributed by atoms with E-state index in [-0.39, 0.29) is 5.91 Å². The molecular formula is C19H27N3O2S. The lowest BCUT2D eigenvalue weighted by Crippen LogP contribution is -2.15. The number of rotatable bonds is 8. The second-order valence-corrected chi connectivity index (χ2v) is 7.27. The number of aromatic nitrogens is 2. The maximum absolute atomic E-state index is 12.2. The molecule has 0 aliphatic rings. The maximum atomic E-state index is 12.2. The molecule has 2 aromatic rings. The Morgan fingerprint density at radius 2 is 1.96 bits per heavy atom. The lowest BCUT2D eigenvalue weighted by Gasteiger charge is -2.10. The molecule has 0 spiro atoms. The second-order valence-electron chi connectivity index (χ2n) is 6.32. The van der Waals surface area contributed by atoms with Crippen LogP contribution >= 0.6 is 11.8 Å². The zero-order valence-electron chi connectivity index (χ0n) is 15.6. The highest BCUT2D eigenvalue weighted by Gasteiger charge is 2.13. The SMILES string of the molecule is COCCn1c(SCC(=O)Nc2ccc(C(C)C)cc2)nc(C)c1C. The predicted octanol–water partition coefficient (Wildman–Crippen LogP) is 4.00. The normalized spacial score (nSPS) is 11.1. The number of carbonyl (C=O) groups is 1. The van der Waals surface area contributed by atoms with Crippen LogP contribution in [0.4, 0.5) is 5.69 Å². The van der Waals surface area contributed by atoms with E-state index in [4.69, 9.17) is 4.74 Å². The molecule has 1 N–H and O–H groups in total. The van der Waals surface area contributed by atoms with E-state index in [0.717, 1.165) is 28.8 Å². The third kappa shape index (κ3) is 5.34. The summed E-state index contributed by atoms with van der Waals surface area (Å²) in [5, 5.41) is 3.80. The summed E-state index contributed by atoms with van der Waals surface area (Å²) in [5.41, 5.74) is 4.19. The van der Waals surface area contributed by atoms with Gasteiger partial charge in [-0.25, -0.2) is 4.98 Å². The fourth-order valence-corrected chi connectivity index (χ4v) is 3.38. The Bertz CT molecular complexity index is 708. The van der Waals surface area contributed by atoms with E-state index in [0.29, 0.717) is 18.3 Å². The molecule has 0 radical (unpaired) electrons. The standard InChI is InChI=1S/C19H27N3O2S/c1-13(2)16-6-8-17(9-7-16)21-18(23)12-25-19-20-14(3)15(4)22(19)10-11-24-5/h6-9,13H,10-12H2,1-5H3,(H,21,23). The van der Waals surface area contributed by atoms with Gasteiger partial charge in [-0.3, -0.25) is 4.79 Å². The highest BCUT2D eigenvalue weighted by atomic mass is 32.2. The van der Waals surface area contributed by atoms with Crippen molar-refractivity contribution in [2.24, 2.45) is 0 Å². The number of amides is 1. The van der Waals surface area contributed by atoms with Crippen LogP contribution in [0.5, 0.6) is 0 Å². The van der Waals surface area contributed by atoms with E-state index in [1.807, 2.05) is 26.0 Å². The minimum atomic E-state index is -0.0288. The van der Waals surface area contributed by atoms with Gasteiger partial charge in [-0.1, -0.05) is 37.7 Å². The maximum Gasteiger partial charge on any atom is 0.234 e. The van der Waals surface area contributed by atoms with E-state index in [9.17, 15) is 4.79 Å². The number of nitrogens with one attached hydrogen (secondary N) is 1. The van der Waals surface area contributed by atoms with E-state index in [2.05, 4.69) is 40.8 Å². The molecule has 6 heteroatoms. The number of hydrogen-bond donors (Lipinski definition) is 1. The van der Waals surface area contributed by atoms with Crippen LogP contribution in [0.25, 0.3) is 0 Å². The quantitative estimate of drug-likeness (QED) is 0.722. The first-order valence-electron chi connectivity index (χ1n) is 8.47. The first-order valence-corrected chi connectivity index (χ1v) is 9.46. The van der Waals surface area contributed by atoms with Gasteiger partial charge >= 0.3 is 0 Å². The number of carbonyl (C=O) groups excluding carboxylic acids is 1. The number of thioether (sulfide) groups is 1. The van der Waals surface area contributed by atoms with Crippen LogP contribution in [0.1, 0.15) is 36.7 Å². The molecule has 0 saturated heterocycles. The van der Waals surface area contributed by atoms with Gasteiger partial charge in [0.25, 0.3) is 0 Å². The molecular weight excluding hydrogens is 334 g/mol. The lowest BCUT2D eigenvalue weighted by atomic mass is 10.0. The summed E-state index contributed by atoms with van der Waals surface area (Å²) in [6, 6.07) is 8.01. The fraction of sp³-hybridized carbons (Fsp3) is 0.474. The summed E-state index contributed by atoms with van der Waals surface area (Å²) < 4.78 is 7.26. The summed E-state index contributed by atoms with van der Waals surface area (Å²) in [6.07, 6.45) is 0. The van der Waals surface area contributed by atoms with E-state index in [1.165, 1.54) is 17.3 Å².